The second-order valence-corrected chi connectivity index (χ2v) is 3.55. The Bertz CT molecular complexity index is 292. The molecule has 0 aromatic heterocycles. The van der Waals surface area contributed by atoms with E-state index in [0.717, 1.165) is 20.2 Å². The third kappa shape index (κ3) is 1.98. The van der Waals surface area contributed by atoms with Gasteiger partial charge in [-0.05, 0) is 17.7 Å². The summed E-state index contributed by atoms with van der Waals surface area (Å²) < 4.78 is 0. The van der Waals surface area contributed by atoms with Crippen molar-refractivity contribution in [2.45, 2.75) is 14.7 Å². The van der Waals surface area contributed by atoms with Crippen molar-refractivity contribution in [2.24, 2.45) is 0 Å². The van der Waals surface area contributed by atoms with E-state index in [0.29, 0.717) is 0 Å². The molecule has 0 atom stereocenters. The van der Waals surface area contributed by atoms with Gasteiger partial charge in [-0.1, -0.05) is 12.7 Å². The zero-order valence-electron chi connectivity index (χ0n) is 5.78. The van der Waals surface area contributed by atoms with Gasteiger partial charge in [-0.2, -0.15) is 0 Å². The number of rotatable bonds is 1. The Kier molecular flexibility index (Phi) is 2.98. The molecule has 0 N–H and O–H groups in total. The van der Waals surface area contributed by atoms with Gasteiger partial charge in [-0.25, -0.2) is 0 Å². The molecule has 1 rings (SSSR count). The number of hydrogen-bond donors (Lipinski definition) is 3. The van der Waals surface area contributed by atoms with Crippen LogP contribution in [0.25, 0.3) is 6.08 Å². The van der Waals surface area contributed by atoms with Crippen molar-refractivity contribution >= 4 is 44.0 Å². The van der Waals surface area contributed by atoms with Gasteiger partial charge in [0.15, 0.2) is 0 Å². The molecule has 0 bridgehead atoms. The highest BCUT2D eigenvalue weighted by Gasteiger charge is 1.99. The molecule has 0 spiro atoms. The Hall–Kier alpha value is 0.01000. The minimum Gasteiger partial charge on any atom is -0.143 e. The monoisotopic (exact) mass is 200 g/mol. The van der Waals surface area contributed by atoms with Crippen molar-refractivity contribution < 1.29 is 0 Å². The number of thiol groups is 3. The molecule has 0 amide bonds. The Morgan fingerprint density at radius 3 is 2.09 bits per heavy atom. The maximum Gasteiger partial charge on any atom is 0.0185 e. The Morgan fingerprint density at radius 1 is 1.00 bits per heavy atom. The van der Waals surface area contributed by atoms with Crippen LogP contribution in [0.5, 0.6) is 0 Å². The van der Waals surface area contributed by atoms with Crippen LogP contribution in [-0.2, 0) is 0 Å². The minimum atomic E-state index is 0.837. The van der Waals surface area contributed by atoms with Gasteiger partial charge in [0.1, 0.15) is 0 Å². The Balaban J connectivity index is 3.31. The van der Waals surface area contributed by atoms with E-state index in [1.54, 1.807) is 6.08 Å². The average Bonchev–Trinajstić information content (AvgIpc) is 1.97. The van der Waals surface area contributed by atoms with E-state index >= 15 is 0 Å². The quantitative estimate of drug-likeness (QED) is 0.570. The predicted octanol–water partition coefficient (Wildman–Crippen LogP) is 3.20. The summed E-state index contributed by atoms with van der Waals surface area (Å²) in [6.07, 6.45) is 1.75. The molecule has 1 aromatic rings. The highest BCUT2D eigenvalue weighted by atomic mass is 32.1. The molecule has 0 aliphatic rings. The zero-order valence-corrected chi connectivity index (χ0v) is 8.46. The standard InChI is InChI=1S/C8H8S3/c1-2-5-3-7(10)8(11)4-6(5)9/h2-4,9-11H,1H2. The third-order valence-corrected chi connectivity index (χ3v) is 2.65. The van der Waals surface area contributed by atoms with Gasteiger partial charge < -0.3 is 0 Å². The highest BCUT2D eigenvalue weighted by Crippen LogP contribution is 2.25. The summed E-state index contributed by atoms with van der Waals surface area (Å²) in [6, 6.07) is 3.74. The fraction of sp³-hybridized carbons (Fsp3) is 0. The summed E-state index contributed by atoms with van der Waals surface area (Å²) in [7, 11) is 0. The average molecular weight is 200 g/mol. The van der Waals surface area contributed by atoms with E-state index in [-0.39, 0.29) is 0 Å². The van der Waals surface area contributed by atoms with Crippen molar-refractivity contribution in [1.82, 2.24) is 0 Å². The fourth-order valence-electron chi connectivity index (χ4n) is 0.745. The molecular weight excluding hydrogens is 192 g/mol. The highest BCUT2D eigenvalue weighted by molar-refractivity contribution is 7.83. The number of benzene rings is 1. The molecule has 0 heterocycles. The first-order valence-corrected chi connectivity index (χ1v) is 4.36. The van der Waals surface area contributed by atoms with Gasteiger partial charge in [-0.15, -0.1) is 37.9 Å². The summed E-state index contributed by atoms with van der Waals surface area (Å²) in [4.78, 5) is 2.56. The lowest BCUT2D eigenvalue weighted by atomic mass is 10.2. The van der Waals surface area contributed by atoms with E-state index < -0.39 is 0 Å². The normalized spacial score (nSPS) is 9.73. The molecular formula is C8H8S3. The van der Waals surface area contributed by atoms with Crippen LogP contribution >= 0.6 is 37.9 Å². The Labute approximate surface area is 82.9 Å². The molecule has 58 valence electrons. The second-order valence-electron chi connectivity index (χ2n) is 2.10. The van der Waals surface area contributed by atoms with Crippen LogP contribution in [0.4, 0.5) is 0 Å². The lowest BCUT2D eigenvalue weighted by Gasteiger charge is -2.02. The molecule has 0 saturated carbocycles. The molecule has 11 heavy (non-hydrogen) atoms. The van der Waals surface area contributed by atoms with Gasteiger partial charge in [0.25, 0.3) is 0 Å². The Morgan fingerprint density at radius 2 is 1.55 bits per heavy atom. The fourth-order valence-corrected chi connectivity index (χ4v) is 1.53. The first-order valence-electron chi connectivity index (χ1n) is 3.02. The molecule has 0 saturated heterocycles. The maximum absolute atomic E-state index is 4.24. The van der Waals surface area contributed by atoms with Crippen molar-refractivity contribution in [3.8, 4) is 0 Å². The first kappa shape index (κ1) is 9.10. The predicted molar refractivity (Wildman–Crippen MR) is 58.3 cm³/mol. The van der Waals surface area contributed by atoms with E-state index in [4.69, 9.17) is 0 Å². The second kappa shape index (κ2) is 3.61. The lowest BCUT2D eigenvalue weighted by molar-refractivity contribution is 1.19. The third-order valence-electron chi connectivity index (χ3n) is 1.34. The van der Waals surface area contributed by atoms with Crippen LogP contribution < -0.4 is 0 Å². The zero-order chi connectivity index (χ0) is 8.43. The van der Waals surface area contributed by atoms with Gasteiger partial charge in [0, 0.05) is 14.7 Å². The smallest absolute Gasteiger partial charge is 0.0185 e. The summed E-state index contributed by atoms with van der Waals surface area (Å²) in [5.41, 5.74) is 0.983. The molecule has 3 heteroatoms. The van der Waals surface area contributed by atoms with Gasteiger partial charge >= 0.3 is 0 Å². The lowest BCUT2D eigenvalue weighted by Crippen LogP contribution is -1.78. The van der Waals surface area contributed by atoms with Gasteiger partial charge in [-0.3, -0.25) is 0 Å². The molecule has 0 radical (unpaired) electrons. The van der Waals surface area contributed by atoms with Crippen molar-refractivity contribution in [2.75, 3.05) is 0 Å². The van der Waals surface area contributed by atoms with Crippen LogP contribution in [0.2, 0.25) is 0 Å². The van der Waals surface area contributed by atoms with Crippen molar-refractivity contribution in [3.63, 3.8) is 0 Å². The van der Waals surface area contributed by atoms with E-state index in [2.05, 4.69) is 44.5 Å². The minimum absolute atomic E-state index is 0.837. The molecule has 0 aliphatic heterocycles. The van der Waals surface area contributed by atoms with Crippen LogP contribution in [0.3, 0.4) is 0 Å². The van der Waals surface area contributed by atoms with Gasteiger partial charge in [0.05, 0.1) is 0 Å². The maximum atomic E-state index is 4.24. The van der Waals surface area contributed by atoms with E-state index in [1.165, 1.54) is 0 Å². The topological polar surface area (TPSA) is 0 Å². The molecule has 1 aromatic carbocycles. The largest absolute Gasteiger partial charge is 0.143 e. The van der Waals surface area contributed by atoms with Crippen LogP contribution in [0, 0.1) is 0 Å². The molecule has 0 fully saturated rings. The van der Waals surface area contributed by atoms with Gasteiger partial charge in [0.2, 0.25) is 0 Å². The van der Waals surface area contributed by atoms with E-state index in [1.807, 2.05) is 12.1 Å². The molecule has 0 nitrogen and oxygen atoms in total. The van der Waals surface area contributed by atoms with Crippen LogP contribution in [0.15, 0.2) is 33.4 Å². The summed E-state index contributed by atoms with van der Waals surface area (Å²) in [5, 5.41) is 0. The molecule has 0 unspecified atom stereocenters. The summed E-state index contributed by atoms with van der Waals surface area (Å²) in [5.74, 6) is 0. The van der Waals surface area contributed by atoms with E-state index in [9.17, 15) is 0 Å². The SMILES string of the molecule is C=Cc1cc(S)c(S)cc1S. The first-order chi connectivity index (χ1) is 5.15. The summed E-state index contributed by atoms with van der Waals surface area (Å²) in [6.45, 7) is 3.65. The van der Waals surface area contributed by atoms with Crippen molar-refractivity contribution in [1.29, 1.82) is 0 Å². The molecule has 0 aliphatic carbocycles. The number of hydrogen-bond acceptors (Lipinski definition) is 3. The van der Waals surface area contributed by atoms with Crippen molar-refractivity contribution in [3.05, 3.63) is 24.3 Å². The summed E-state index contributed by atoms with van der Waals surface area (Å²) >= 11 is 12.6. The van der Waals surface area contributed by atoms with Crippen LogP contribution in [0.1, 0.15) is 5.56 Å². The van der Waals surface area contributed by atoms with Crippen LogP contribution in [-0.4, -0.2) is 0 Å².